The Morgan fingerprint density at radius 2 is 1.68 bits per heavy atom. The van der Waals surface area contributed by atoms with Gasteiger partial charge in [0.2, 0.25) is 5.91 Å². The lowest BCUT2D eigenvalue weighted by Crippen LogP contribution is -2.36. The number of thioether (sulfide) groups is 1. The van der Waals surface area contributed by atoms with Crippen LogP contribution >= 0.6 is 11.8 Å². The summed E-state index contributed by atoms with van der Waals surface area (Å²) in [5.41, 5.74) is 2.22. The van der Waals surface area contributed by atoms with E-state index >= 15 is 0 Å². The van der Waals surface area contributed by atoms with Crippen molar-refractivity contribution in [3.8, 4) is 17.2 Å². The number of methoxy groups -OCH3 is 1. The van der Waals surface area contributed by atoms with Crippen LogP contribution in [-0.4, -0.2) is 42.2 Å². The van der Waals surface area contributed by atoms with Gasteiger partial charge in [0.05, 0.1) is 18.6 Å². The molecule has 1 N–H and O–H groups in total. The summed E-state index contributed by atoms with van der Waals surface area (Å²) in [4.78, 5) is 39.2. The molecule has 0 spiro atoms. The van der Waals surface area contributed by atoms with Crippen LogP contribution in [0.5, 0.6) is 17.2 Å². The van der Waals surface area contributed by atoms with Crippen LogP contribution in [0.25, 0.3) is 16.8 Å². The lowest BCUT2D eigenvalue weighted by Gasteiger charge is -2.13. The number of anilines is 1. The summed E-state index contributed by atoms with van der Waals surface area (Å²) in [5, 5.41) is 4.49. The number of hydrogen-bond acceptors (Lipinski definition) is 7. The number of nitrogens with zero attached hydrogens (tertiary/aromatic N) is 1. The smallest absolute Gasteiger partial charge is 0.294 e. The van der Waals surface area contributed by atoms with E-state index in [1.54, 1.807) is 55.7 Å². The van der Waals surface area contributed by atoms with Crippen molar-refractivity contribution < 1.29 is 28.6 Å². The van der Waals surface area contributed by atoms with Crippen LogP contribution in [-0.2, 0) is 16.2 Å². The van der Waals surface area contributed by atoms with Gasteiger partial charge in [-0.2, -0.15) is 0 Å². The third-order valence-electron chi connectivity index (χ3n) is 6.32. The van der Waals surface area contributed by atoms with Gasteiger partial charge in [0, 0.05) is 5.69 Å². The molecular weight excluding hydrogens is 540 g/mol. The van der Waals surface area contributed by atoms with Gasteiger partial charge in [-0.3, -0.25) is 19.3 Å². The predicted octanol–water partition coefficient (Wildman–Crippen LogP) is 6.50. The van der Waals surface area contributed by atoms with Crippen LogP contribution < -0.4 is 19.5 Å². The summed E-state index contributed by atoms with van der Waals surface area (Å²) in [6, 6.07) is 26.4. The summed E-state index contributed by atoms with van der Waals surface area (Å²) in [5.74, 6) is 0.720. The van der Waals surface area contributed by atoms with Gasteiger partial charge in [0.15, 0.2) is 11.5 Å². The number of amides is 3. The number of carbonyl (C=O) groups excluding carboxylic acids is 3. The second-order valence-electron chi connectivity index (χ2n) is 9.15. The maximum Gasteiger partial charge on any atom is 0.294 e. The zero-order chi connectivity index (χ0) is 28.8. The third kappa shape index (κ3) is 6.70. The minimum absolute atomic E-state index is 0.218. The number of imide groups is 1. The Labute approximate surface area is 241 Å². The normalized spacial score (nSPS) is 14.0. The molecule has 9 heteroatoms. The summed E-state index contributed by atoms with van der Waals surface area (Å²) in [6.45, 7) is 2.39. The molecule has 0 saturated carbocycles. The van der Waals surface area contributed by atoms with Gasteiger partial charge >= 0.3 is 0 Å². The quantitative estimate of drug-likeness (QED) is 0.218. The van der Waals surface area contributed by atoms with Crippen molar-refractivity contribution in [2.24, 2.45) is 0 Å². The van der Waals surface area contributed by atoms with Gasteiger partial charge in [-0.1, -0.05) is 42.5 Å². The Balaban J connectivity index is 1.22. The number of fused-ring (bicyclic) bond motifs is 1. The standard InChI is InChI=1S/C32H28N2O6S/c1-3-39-26-13-11-25(12-14-26)33-30(35)19-34-31(36)29(41-32(34)37)18-21-9-15-27(28(17-21)38-2)40-20-22-8-10-23-6-4-5-7-24(23)16-22/h4-18H,3,19-20H2,1-2H3,(H,33,35)/b29-18+. The number of nitrogens with one attached hydrogen (secondary N) is 1. The maximum absolute atomic E-state index is 13.0. The van der Waals surface area contributed by atoms with Gasteiger partial charge < -0.3 is 19.5 Å². The minimum Gasteiger partial charge on any atom is -0.494 e. The van der Waals surface area contributed by atoms with E-state index in [9.17, 15) is 14.4 Å². The molecule has 1 fully saturated rings. The fourth-order valence-corrected chi connectivity index (χ4v) is 5.15. The molecule has 0 aromatic heterocycles. The van der Waals surface area contributed by atoms with Crippen LogP contribution in [0.4, 0.5) is 10.5 Å². The second kappa shape index (κ2) is 12.6. The number of ether oxygens (including phenoxy) is 3. The lowest BCUT2D eigenvalue weighted by molar-refractivity contribution is -0.127. The fourth-order valence-electron chi connectivity index (χ4n) is 4.32. The molecule has 4 aromatic rings. The van der Waals surface area contributed by atoms with Crippen LogP contribution in [0.1, 0.15) is 18.1 Å². The van der Waals surface area contributed by atoms with E-state index in [1.807, 2.05) is 25.1 Å². The van der Waals surface area contributed by atoms with Crippen molar-refractivity contribution in [2.45, 2.75) is 13.5 Å². The van der Waals surface area contributed by atoms with E-state index in [2.05, 4.69) is 29.6 Å². The maximum atomic E-state index is 13.0. The molecule has 1 aliphatic rings. The van der Waals surface area contributed by atoms with E-state index in [0.29, 0.717) is 41.7 Å². The number of rotatable bonds is 10. The topological polar surface area (TPSA) is 94.2 Å². The SMILES string of the molecule is CCOc1ccc(NC(=O)CN2C(=O)S/C(=C/c3ccc(OCc4ccc5ccccc5c4)c(OC)c3)C2=O)cc1. The summed E-state index contributed by atoms with van der Waals surface area (Å²) >= 11 is 0.788. The van der Waals surface area contributed by atoms with Gasteiger partial charge in [0.1, 0.15) is 18.9 Å². The first-order chi connectivity index (χ1) is 19.9. The molecule has 0 radical (unpaired) electrons. The molecule has 1 saturated heterocycles. The van der Waals surface area contributed by atoms with E-state index in [0.717, 1.165) is 33.0 Å². The van der Waals surface area contributed by atoms with E-state index in [-0.39, 0.29) is 11.4 Å². The summed E-state index contributed by atoms with van der Waals surface area (Å²) in [6.07, 6.45) is 1.60. The van der Waals surface area contributed by atoms with Crippen molar-refractivity contribution in [2.75, 3.05) is 25.6 Å². The summed E-state index contributed by atoms with van der Waals surface area (Å²) in [7, 11) is 1.54. The molecule has 41 heavy (non-hydrogen) atoms. The highest BCUT2D eigenvalue weighted by atomic mass is 32.2. The average Bonchev–Trinajstić information content (AvgIpc) is 3.24. The molecule has 1 aliphatic heterocycles. The molecule has 0 unspecified atom stereocenters. The molecule has 0 atom stereocenters. The molecule has 208 valence electrons. The average molecular weight is 569 g/mol. The second-order valence-corrected chi connectivity index (χ2v) is 10.1. The largest absolute Gasteiger partial charge is 0.494 e. The molecule has 1 heterocycles. The Morgan fingerprint density at radius 1 is 0.902 bits per heavy atom. The molecule has 5 rings (SSSR count). The number of benzene rings is 4. The first-order valence-corrected chi connectivity index (χ1v) is 13.8. The van der Waals surface area contributed by atoms with E-state index < -0.39 is 17.1 Å². The van der Waals surface area contributed by atoms with E-state index in [1.165, 1.54) is 0 Å². The van der Waals surface area contributed by atoms with Crippen molar-refractivity contribution in [1.29, 1.82) is 0 Å². The van der Waals surface area contributed by atoms with Gasteiger partial charge in [-0.05, 0) is 89.1 Å². The Kier molecular flexibility index (Phi) is 8.55. The highest BCUT2D eigenvalue weighted by molar-refractivity contribution is 8.18. The fraction of sp³-hybridized carbons (Fsp3) is 0.156. The van der Waals surface area contributed by atoms with Gasteiger partial charge in [0.25, 0.3) is 11.1 Å². The molecule has 0 aliphatic carbocycles. The Bertz CT molecular complexity index is 1630. The first kappa shape index (κ1) is 27.8. The van der Waals surface area contributed by atoms with Crippen molar-refractivity contribution in [3.05, 3.63) is 101 Å². The highest BCUT2D eigenvalue weighted by Crippen LogP contribution is 2.35. The Hall–Kier alpha value is -4.76. The highest BCUT2D eigenvalue weighted by Gasteiger charge is 2.36. The van der Waals surface area contributed by atoms with Crippen molar-refractivity contribution >= 4 is 51.4 Å². The van der Waals surface area contributed by atoms with E-state index in [4.69, 9.17) is 14.2 Å². The van der Waals surface area contributed by atoms with Crippen LogP contribution in [0, 0.1) is 0 Å². The summed E-state index contributed by atoms with van der Waals surface area (Å²) < 4.78 is 16.9. The van der Waals surface area contributed by atoms with Crippen LogP contribution in [0.3, 0.4) is 0 Å². The van der Waals surface area contributed by atoms with Gasteiger partial charge in [-0.25, -0.2) is 0 Å². The van der Waals surface area contributed by atoms with Gasteiger partial charge in [-0.15, -0.1) is 0 Å². The van der Waals surface area contributed by atoms with Crippen LogP contribution in [0.15, 0.2) is 89.8 Å². The zero-order valence-corrected chi connectivity index (χ0v) is 23.4. The number of carbonyl (C=O) groups is 3. The molecule has 0 bridgehead atoms. The first-order valence-electron chi connectivity index (χ1n) is 13.0. The third-order valence-corrected chi connectivity index (χ3v) is 7.23. The molecule has 8 nitrogen and oxygen atoms in total. The Morgan fingerprint density at radius 3 is 2.44 bits per heavy atom. The predicted molar refractivity (Wildman–Crippen MR) is 160 cm³/mol. The zero-order valence-electron chi connectivity index (χ0n) is 22.6. The molecule has 4 aromatic carbocycles. The molecular formula is C32H28N2O6S. The monoisotopic (exact) mass is 568 g/mol. The minimum atomic E-state index is -0.530. The lowest BCUT2D eigenvalue weighted by atomic mass is 10.1. The number of hydrogen-bond donors (Lipinski definition) is 1. The van der Waals surface area contributed by atoms with Crippen molar-refractivity contribution in [1.82, 2.24) is 4.90 Å². The molecule has 3 amide bonds. The van der Waals surface area contributed by atoms with Crippen molar-refractivity contribution in [3.63, 3.8) is 0 Å². The van der Waals surface area contributed by atoms with Crippen LogP contribution in [0.2, 0.25) is 0 Å².